The maximum absolute atomic E-state index is 12.5. The third-order valence-corrected chi connectivity index (χ3v) is 5.30. The minimum atomic E-state index is -0.111. The van der Waals surface area contributed by atoms with Crippen LogP contribution in [0.5, 0.6) is 0 Å². The van der Waals surface area contributed by atoms with Gasteiger partial charge in [0.1, 0.15) is 0 Å². The van der Waals surface area contributed by atoms with Crippen LogP contribution in [0.15, 0.2) is 54.0 Å². The minimum Gasteiger partial charge on any atom is -0.352 e. The molecule has 126 valence electrons. The molecule has 0 radical (unpaired) electrons. The molecule has 1 aromatic heterocycles. The van der Waals surface area contributed by atoms with Crippen molar-refractivity contribution in [3.63, 3.8) is 0 Å². The molecule has 2 amide bonds. The summed E-state index contributed by atoms with van der Waals surface area (Å²) in [6.45, 7) is 1.12. The van der Waals surface area contributed by atoms with Crippen molar-refractivity contribution in [1.29, 1.82) is 0 Å². The van der Waals surface area contributed by atoms with E-state index in [2.05, 4.69) is 10.3 Å². The Bertz CT molecular complexity index is 923. The molecule has 4 rings (SSSR count). The number of benzene rings is 2. The van der Waals surface area contributed by atoms with Crippen molar-refractivity contribution in [2.45, 2.75) is 6.42 Å². The van der Waals surface area contributed by atoms with Crippen LogP contribution in [0.2, 0.25) is 0 Å². The van der Waals surface area contributed by atoms with Crippen molar-refractivity contribution in [2.24, 2.45) is 5.92 Å². The SMILES string of the molecule is O=C(NCC1CC(=O)N(c2ccccc2)C1)c1cccc2ncsc12. The van der Waals surface area contributed by atoms with Crippen molar-refractivity contribution in [1.82, 2.24) is 10.3 Å². The molecule has 2 heterocycles. The fraction of sp³-hybridized carbons (Fsp3) is 0.211. The van der Waals surface area contributed by atoms with E-state index >= 15 is 0 Å². The molecule has 25 heavy (non-hydrogen) atoms. The topological polar surface area (TPSA) is 62.3 Å². The molecule has 2 aromatic carbocycles. The van der Waals surface area contributed by atoms with E-state index < -0.39 is 0 Å². The molecular formula is C19H17N3O2S. The molecule has 0 aliphatic carbocycles. The molecule has 1 saturated heterocycles. The van der Waals surface area contributed by atoms with Gasteiger partial charge < -0.3 is 10.2 Å². The van der Waals surface area contributed by atoms with Gasteiger partial charge in [0.15, 0.2) is 0 Å². The molecule has 5 nitrogen and oxygen atoms in total. The second-order valence-corrected chi connectivity index (χ2v) is 6.98. The Balaban J connectivity index is 1.41. The predicted octanol–water partition coefficient (Wildman–Crippen LogP) is 3.08. The summed E-state index contributed by atoms with van der Waals surface area (Å²) in [5.74, 6) is 0.118. The number of amides is 2. The summed E-state index contributed by atoms with van der Waals surface area (Å²) >= 11 is 1.46. The van der Waals surface area contributed by atoms with Crippen molar-refractivity contribution >= 4 is 39.1 Å². The molecule has 1 fully saturated rings. The first kappa shape index (κ1) is 15.8. The van der Waals surface area contributed by atoms with Gasteiger partial charge in [0.25, 0.3) is 5.91 Å². The van der Waals surface area contributed by atoms with Crippen molar-refractivity contribution < 1.29 is 9.59 Å². The molecule has 1 aliphatic heterocycles. The van der Waals surface area contributed by atoms with E-state index in [0.29, 0.717) is 25.1 Å². The zero-order valence-electron chi connectivity index (χ0n) is 13.5. The van der Waals surface area contributed by atoms with Crippen LogP contribution in [-0.4, -0.2) is 29.9 Å². The molecule has 1 unspecified atom stereocenters. The van der Waals surface area contributed by atoms with Crippen molar-refractivity contribution in [3.8, 4) is 0 Å². The quantitative estimate of drug-likeness (QED) is 0.786. The number of carbonyl (C=O) groups is 2. The fourth-order valence-corrected chi connectivity index (χ4v) is 3.97. The van der Waals surface area contributed by atoms with Gasteiger partial charge in [-0.15, -0.1) is 11.3 Å². The number of thiazole rings is 1. The molecule has 3 aromatic rings. The van der Waals surface area contributed by atoms with E-state index in [0.717, 1.165) is 15.9 Å². The molecule has 1 aliphatic rings. The lowest BCUT2D eigenvalue weighted by molar-refractivity contribution is -0.117. The number of anilines is 1. The predicted molar refractivity (Wildman–Crippen MR) is 98.9 cm³/mol. The van der Waals surface area contributed by atoms with E-state index in [-0.39, 0.29) is 17.7 Å². The number of carbonyl (C=O) groups excluding carboxylic acids is 2. The van der Waals surface area contributed by atoms with Crippen LogP contribution in [0.4, 0.5) is 5.69 Å². The Labute approximate surface area is 149 Å². The molecule has 1 atom stereocenters. The van der Waals surface area contributed by atoms with Crippen LogP contribution in [0, 0.1) is 5.92 Å². The average Bonchev–Trinajstić information content (AvgIpc) is 3.26. The van der Waals surface area contributed by atoms with Crippen LogP contribution in [-0.2, 0) is 4.79 Å². The summed E-state index contributed by atoms with van der Waals surface area (Å²) in [5.41, 5.74) is 4.14. The zero-order valence-corrected chi connectivity index (χ0v) is 14.3. The Morgan fingerprint density at radius 1 is 1.20 bits per heavy atom. The Morgan fingerprint density at radius 3 is 2.88 bits per heavy atom. The van der Waals surface area contributed by atoms with Crippen molar-refractivity contribution in [2.75, 3.05) is 18.0 Å². The van der Waals surface area contributed by atoms with Gasteiger partial charge in [-0.25, -0.2) is 4.98 Å². The van der Waals surface area contributed by atoms with Crippen LogP contribution in [0.1, 0.15) is 16.8 Å². The number of fused-ring (bicyclic) bond motifs is 1. The van der Waals surface area contributed by atoms with Gasteiger partial charge in [0.05, 0.1) is 21.3 Å². The molecule has 6 heteroatoms. The lowest BCUT2D eigenvalue weighted by Gasteiger charge is -2.17. The highest BCUT2D eigenvalue weighted by molar-refractivity contribution is 7.17. The van der Waals surface area contributed by atoms with Gasteiger partial charge in [-0.05, 0) is 24.3 Å². The van der Waals surface area contributed by atoms with Crippen LogP contribution < -0.4 is 10.2 Å². The lowest BCUT2D eigenvalue weighted by atomic mass is 10.1. The average molecular weight is 351 g/mol. The first-order chi connectivity index (χ1) is 12.2. The highest BCUT2D eigenvalue weighted by Crippen LogP contribution is 2.25. The molecule has 1 N–H and O–H groups in total. The highest BCUT2D eigenvalue weighted by atomic mass is 32.1. The normalized spacial score (nSPS) is 17.2. The number of aromatic nitrogens is 1. The number of hydrogen-bond donors (Lipinski definition) is 1. The van der Waals surface area contributed by atoms with Crippen molar-refractivity contribution in [3.05, 3.63) is 59.6 Å². The first-order valence-electron chi connectivity index (χ1n) is 8.18. The van der Waals surface area contributed by atoms with E-state index in [1.165, 1.54) is 11.3 Å². The van der Waals surface area contributed by atoms with Crippen LogP contribution in [0.3, 0.4) is 0 Å². The maximum Gasteiger partial charge on any atom is 0.252 e. The third kappa shape index (κ3) is 3.13. The molecule has 0 spiro atoms. The van der Waals surface area contributed by atoms with E-state index in [1.54, 1.807) is 10.4 Å². The summed E-state index contributed by atoms with van der Waals surface area (Å²) in [6, 6.07) is 15.2. The van der Waals surface area contributed by atoms with Gasteiger partial charge in [-0.3, -0.25) is 9.59 Å². The standard InChI is InChI=1S/C19H17N3O2S/c23-17-9-13(11-22(17)14-5-2-1-3-6-14)10-20-19(24)15-7-4-8-16-18(15)25-12-21-16/h1-8,12-13H,9-11H2,(H,20,24). The van der Waals surface area contributed by atoms with E-state index in [1.807, 2.05) is 48.5 Å². The number of nitrogens with one attached hydrogen (secondary N) is 1. The number of para-hydroxylation sites is 1. The lowest BCUT2D eigenvalue weighted by Crippen LogP contribution is -2.31. The van der Waals surface area contributed by atoms with Crippen LogP contribution in [0.25, 0.3) is 10.2 Å². The monoisotopic (exact) mass is 351 g/mol. The first-order valence-corrected chi connectivity index (χ1v) is 9.06. The van der Waals surface area contributed by atoms with E-state index in [4.69, 9.17) is 0 Å². The molecular weight excluding hydrogens is 334 g/mol. The Hall–Kier alpha value is -2.73. The Kier molecular flexibility index (Phi) is 4.19. The smallest absolute Gasteiger partial charge is 0.252 e. The second-order valence-electron chi connectivity index (χ2n) is 6.13. The van der Waals surface area contributed by atoms with Gasteiger partial charge in [-0.1, -0.05) is 24.3 Å². The van der Waals surface area contributed by atoms with Gasteiger partial charge in [0.2, 0.25) is 5.91 Å². The largest absolute Gasteiger partial charge is 0.352 e. The summed E-state index contributed by atoms with van der Waals surface area (Å²) in [6.07, 6.45) is 0.458. The zero-order chi connectivity index (χ0) is 17.2. The third-order valence-electron chi connectivity index (χ3n) is 4.43. The minimum absolute atomic E-state index is 0.106. The fourth-order valence-electron chi connectivity index (χ4n) is 3.17. The molecule has 0 bridgehead atoms. The second kappa shape index (κ2) is 6.64. The number of nitrogens with zero attached hydrogens (tertiary/aromatic N) is 2. The van der Waals surface area contributed by atoms with Crippen LogP contribution >= 0.6 is 11.3 Å². The summed E-state index contributed by atoms with van der Waals surface area (Å²) < 4.78 is 0.897. The summed E-state index contributed by atoms with van der Waals surface area (Å²) in [5, 5.41) is 2.98. The van der Waals surface area contributed by atoms with Gasteiger partial charge in [0, 0.05) is 31.1 Å². The summed E-state index contributed by atoms with van der Waals surface area (Å²) in [4.78, 5) is 30.8. The van der Waals surface area contributed by atoms with E-state index in [9.17, 15) is 9.59 Å². The number of hydrogen-bond acceptors (Lipinski definition) is 4. The van der Waals surface area contributed by atoms with Gasteiger partial charge >= 0.3 is 0 Å². The summed E-state index contributed by atoms with van der Waals surface area (Å²) in [7, 11) is 0. The maximum atomic E-state index is 12.5. The highest BCUT2D eigenvalue weighted by Gasteiger charge is 2.30. The Morgan fingerprint density at radius 2 is 2.04 bits per heavy atom. The molecule has 0 saturated carbocycles. The van der Waals surface area contributed by atoms with Gasteiger partial charge in [-0.2, -0.15) is 0 Å². The number of rotatable bonds is 4.